The first-order valence-electron chi connectivity index (χ1n) is 8.09. The Morgan fingerprint density at radius 1 is 1.04 bits per heavy atom. The maximum Gasteiger partial charge on any atom is 0.363 e. The van der Waals surface area contributed by atoms with Crippen molar-refractivity contribution in [3.63, 3.8) is 0 Å². The highest BCUT2D eigenvalue weighted by Gasteiger charge is 2.17. The fraction of sp³-hybridized carbons (Fsp3) is 0.250. The summed E-state index contributed by atoms with van der Waals surface area (Å²) in [6, 6.07) is 14.2. The number of nitrogens with zero attached hydrogens (tertiary/aromatic N) is 2. The molecule has 25 heavy (non-hydrogen) atoms. The monoisotopic (exact) mass is 336 g/mol. The third kappa shape index (κ3) is 3.31. The molecule has 0 bridgehead atoms. The van der Waals surface area contributed by atoms with Crippen LogP contribution in [0.1, 0.15) is 42.5 Å². The summed E-state index contributed by atoms with van der Waals surface area (Å²) in [5.41, 5.74) is 1.67. The second-order valence-corrected chi connectivity index (χ2v) is 6.98. The Bertz CT molecular complexity index is 996. The van der Waals surface area contributed by atoms with E-state index in [0.717, 1.165) is 10.3 Å². The van der Waals surface area contributed by atoms with Crippen LogP contribution in [0.4, 0.5) is 0 Å². The average molecular weight is 336 g/mol. The SMILES string of the molecule is Cc1nc2ccccc2c(=O)n1OC(=O)c1ccc(C(C)(C)C)cc1. The molecule has 0 aliphatic heterocycles. The van der Waals surface area contributed by atoms with Gasteiger partial charge in [0, 0.05) is 0 Å². The molecule has 3 aromatic rings. The molecule has 0 aliphatic carbocycles. The minimum atomic E-state index is -0.595. The van der Waals surface area contributed by atoms with Gasteiger partial charge in [-0.2, -0.15) is 0 Å². The normalized spacial score (nSPS) is 11.5. The van der Waals surface area contributed by atoms with Crippen LogP contribution in [0.2, 0.25) is 0 Å². The molecule has 0 spiro atoms. The van der Waals surface area contributed by atoms with Crippen LogP contribution in [0, 0.1) is 6.92 Å². The van der Waals surface area contributed by atoms with Gasteiger partial charge in [0.1, 0.15) is 5.82 Å². The molecule has 5 nitrogen and oxygen atoms in total. The van der Waals surface area contributed by atoms with Crippen LogP contribution in [0.15, 0.2) is 53.3 Å². The Hall–Kier alpha value is -2.95. The largest absolute Gasteiger partial charge is 0.363 e. The van der Waals surface area contributed by atoms with Gasteiger partial charge in [0.25, 0.3) is 5.56 Å². The molecule has 0 fully saturated rings. The Labute approximate surface area is 145 Å². The standard InChI is InChI=1S/C20H20N2O3/c1-13-21-17-8-6-5-7-16(17)18(23)22(13)25-19(24)14-9-11-15(12-10-14)20(2,3)4/h5-12H,1-4H3. The van der Waals surface area contributed by atoms with E-state index in [0.29, 0.717) is 22.3 Å². The fourth-order valence-corrected chi connectivity index (χ4v) is 2.58. The minimum Gasteiger partial charge on any atom is -0.326 e. The topological polar surface area (TPSA) is 61.2 Å². The van der Waals surface area contributed by atoms with Gasteiger partial charge in [0.05, 0.1) is 16.5 Å². The number of rotatable bonds is 2. The zero-order valence-electron chi connectivity index (χ0n) is 14.7. The van der Waals surface area contributed by atoms with E-state index >= 15 is 0 Å². The zero-order valence-corrected chi connectivity index (χ0v) is 14.7. The number of hydrogen-bond donors (Lipinski definition) is 0. The second kappa shape index (κ2) is 6.16. The summed E-state index contributed by atoms with van der Waals surface area (Å²) >= 11 is 0. The highest BCUT2D eigenvalue weighted by molar-refractivity contribution is 5.89. The van der Waals surface area contributed by atoms with Gasteiger partial charge in [-0.05, 0) is 42.2 Å². The first kappa shape index (κ1) is 16.9. The summed E-state index contributed by atoms with van der Waals surface area (Å²) in [6.45, 7) is 7.93. The van der Waals surface area contributed by atoms with Gasteiger partial charge >= 0.3 is 5.97 Å². The van der Waals surface area contributed by atoms with Crippen molar-refractivity contribution in [2.45, 2.75) is 33.1 Å². The number of carbonyl (C=O) groups is 1. The summed E-state index contributed by atoms with van der Waals surface area (Å²) in [7, 11) is 0. The van der Waals surface area contributed by atoms with Gasteiger partial charge in [-0.25, -0.2) is 9.78 Å². The molecule has 3 rings (SSSR count). The summed E-state index contributed by atoms with van der Waals surface area (Å²) in [4.78, 5) is 34.6. The molecule has 0 unspecified atom stereocenters. The van der Waals surface area contributed by atoms with E-state index in [1.165, 1.54) is 0 Å². The lowest BCUT2D eigenvalue weighted by Gasteiger charge is -2.19. The van der Waals surface area contributed by atoms with Crippen LogP contribution in [0.3, 0.4) is 0 Å². The molecule has 1 heterocycles. The molecule has 0 aliphatic rings. The molecule has 0 amide bonds. The fourth-order valence-electron chi connectivity index (χ4n) is 2.58. The molecule has 1 aromatic heterocycles. The second-order valence-electron chi connectivity index (χ2n) is 6.98. The van der Waals surface area contributed by atoms with Crippen LogP contribution in [-0.2, 0) is 5.41 Å². The lowest BCUT2D eigenvalue weighted by molar-refractivity contribution is 0.0428. The number of aromatic nitrogens is 2. The molecule has 128 valence electrons. The van der Waals surface area contributed by atoms with E-state index in [9.17, 15) is 9.59 Å². The third-order valence-corrected chi connectivity index (χ3v) is 4.06. The summed E-state index contributed by atoms with van der Waals surface area (Å²) < 4.78 is 0.947. The highest BCUT2D eigenvalue weighted by Crippen LogP contribution is 2.22. The van der Waals surface area contributed by atoms with E-state index < -0.39 is 11.5 Å². The predicted octanol–water partition coefficient (Wildman–Crippen LogP) is 3.27. The van der Waals surface area contributed by atoms with Gasteiger partial charge in [-0.1, -0.05) is 45.0 Å². The Morgan fingerprint density at radius 3 is 2.32 bits per heavy atom. The lowest BCUT2D eigenvalue weighted by atomic mass is 9.87. The number of fused-ring (bicyclic) bond motifs is 1. The molecule has 0 N–H and O–H groups in total. The molecule has 0 atom stereocenters. The maximum absolute atomic E-state index is 12.5. The van der Waals surface area contributed by atoms with Gasteiger partial charge in [0.15, 0.2) is 0 Å². The van der Waals surface area contributed by atoms with Gasteiger partial charge in [0.2, 0.25) is 0 Å². The minimum absolute atomic E-state index is 0.00176. The van der Waals surface area contributed by atoms with E-state index in [2.05, 4.69) is 25.8 Å². The molecule has 0 radical (unpaired) electrons. The Kier molecular flexibility index (Phi) is 4.17. The van der Waals surface area contributed by atoms with E-state index in [-0.39, 0.29) is 5.41 Å². The van der Waals surface area contributed by atoms with E-state index in [4.69, 9.17) is 4.84 Å². The summed E-state index contributed by atoms with van der Waals surface area (Å²) in [5, 5.41) is 0.406. The Morgan fingerprint density at radius 2 is 1.68 bits per heavy atom. The Balaban J connectivity index is 1.93. The predicted molar refractivity (Wildman–Crippen MR) is 96.8 cm³/mol. The maximum atomic E-state index is 12.5. The number of para-hydroxylation sites is 1. The van der Waals surface area contributed by atoms with Crippen LogP contribution in [0.5, 0.6) is 0 Å². The number of benzene rings is 2. The van der Waals surface area contributed by atoms with Crippen molar-refractivity contribution < 1.29 is 9.63 Å². The highest BCUT2D eigenvalue weighted by atomic mass is 16.7. The van der Waals surface area contributed by atoms with Crippen LogP contribution in [0.25, 0.3) is 10.9 Å². The third-order valence-electron chi connectivity index (χ3n) is 4.06. The number of hydrogen-bond acceptors (Lipinski definition) is 4. The first-order chi connectivity index (χ1) is 11.8. The van der Waals surface area contributed by atoms with Crippen molar-refractivity contribution in [1.29, 1.82) is 0 Å². The van der Waals surface area contributed by atoms with E-state index in [1.54, 1.807) is 43.3 Å². The smallest absolute Gasteiger partial charge is 0.326 e. The zero-order chi connectivity index (χ0) is 18.2. The van der Waals surface area contributed by atoms with Gasteiger partial charge < -0.3 is 4.84 Å². The molecule has 2 aromatic carbocycles. The molecule has 0 saturated carbocycles. The van der Waals surface area contributed by atoms with Gasteiger partial charge in [-0.15, -0.1) is 4.73 Å². The quantitative estimate of drug-likeness (QED) is 0.720. The summed E-state index contributed by atoms with van der Waals surface area (Å²) in [6.07, 6.45) is 0. The lowest BCUT2D eigenvalue weighted by Crippen LogP contribution is -2.33. The average Bonchev–Trinajstić information content (AvgIpc) is 2.58. The van der Waals surface area contributed by atoms with Crippen molar-refractivity contribution in [1.82, 2.24) is 9.71 Å². The van der Waals surface area contributed by atoms with E-state index in [1.807, 2.05) is 12.1 Å². The van der Waals surface area contributed by atoms with Crippen LogP contribution >= 0.6 is 0 Å². The number of carbonyl (C=O) groups excluding carboxylic acids is 1. The molecule has 5 heteroatoms. The van der Waals surface area contributed by atoms with Gasteiger partial charge in [-0.3, -0.25) is 4.79 Å². The first-order valence-corrected chi connectivity index (χ1v) is 8.09. The van der Waals surface area contributed by atoms with Crippen LogP contribution in [-0.4, -0.2) is 15.7 Å². The molecule has 0 saturated heterocycles. The molecular formula is C20H20N2O3. The van der Waals surface area contributed by atoms with Crippen LogP contribution < -0.4 is 10.4 Å². The van der Waals surface area contributed by atoms with Crippen molar-refractivity contribution in [3.05, 3.63) is 75.8 Å². The van der Waals surface area contributed by atoms with Crippen molar-refractivity contribution in [2.75, 3.05) is 0 Å². The van der Waals surface area contributed by atoms with Crippen molar-refractivity contribution >= 4 is 16.9 Å². The summed E-state index contributed by atoms with van der Waals surface area (Å²) in [5.74, 6) is -0.272. The van der Waals surface area contributed by atoms with Crippen molar-refractivity contribution in [2.24, 2.45) is 0 Å². The van der Waals surface area contributed by atoms with Crippen molar-refractivity contribution in [3.8, 4) is 0 Å². The molecular weight excluding hydrogens is 316 g/mol. The number of aryl methyl sites for hydroxylation is 1.